The van der Waals surface area contributed by atoms with E-state index in [2.05, 4.69) is 0 Å². The number of rotatable bonds is 4. The first-order chi connectivity index (χ1) is 10.4. The van der Waals surface area contributed by atoms with Crippen LogP contribution in [0.2, 0.25) is 0 Å². The molecule has 1 aliphatic rings. The summed E-state index contributed by atoms with van der Waals surface area (Å²) in [6, 6.07) is 4.90. The average Bonchev–Trinajstić information content (AvgIpc) is 2.54. The molecule has 0 spiro atoms. The van der Waals surface area contributed by atoms with Crippen molar-refractivity contribution in [1.82, 2.24) is 9.80 Å². The molecule has 6 heteroatoms. The molecule has 1 amide bonds. The molecule has 0 radical (unpaired) electrons. The fourth-order valence-corrected chi connectivity index (χ4v) is 2.60. The lowest BCUT2D eigenvalue weighted by Gasteiger charge is -2.36. The fraction of sp³-hybridized carbons (Fsp3) is 0.500. The number of nitrogens with zero attached hydrogens (tertiary/aromatic N) is 2. The van der Waals surface area contributed by atoms with Gasteiger partial charge in [-0.2, -0.15) is 0 Å². The van der Waals surface area contributed by atoms with Gasteiger partial charge in [0.2, 0.25) is 0 Å². The molecule has 1 N–H and O–H groups in total. The Morgan fingerprint density at radius 1 is 1.23 bits per heavy atom. The second-order valence-electron chi connectivity index (χ2n) is 5.53. The number of carboxylic acid groups (broad SMARTS) is 1. The van der Waals surface area contributed by atoms with Gasteiger partial charge in [0.05, 0.1) is 7.11 Å². The predicted molar refractivity (Wildman–Crippen MR) is 82.3 cm³/mol. The average molecular weight is 306 g/mol. The highest BCUT2D eigenvalue weighted by molar-refractivity contribution is 5.94. The third-order valence-corrected chi connectivity index (χ3v) is 4.16. The summed E-state index contributed by atoms with van der Waals surface area (Å²) in [6.07, 6.45) is 0. The van der Waals surface area contributed by atoms with Gasteiger partial charge in [0.1, 0.15) is 11.8 Å². The molecule has 0 aromatic heterocycles. The number of carbonyl (C=O) groups is 2. The van der Waals surface area contributed by atoms with Gasteiger partial charge >= 0.3 is 5.97 Å². The van der Waals surface area contributed by atoms with E-state index in [1.807, 2.05) is 17.9 Å². The first-order valence-corrected chi connectivity index (χ1v) is 7.35. The molecule has 1 heterocycles. The minimum Gasteiger partial charge on any atom is -0.496 e. The molecule has 1 aromatic carbocycles. The Balaban J connectivity index is 2.02. The number of methoxy groups -OCH3 is 1. The van der Waals surface area contributed by atoms with Crippen LogP contribution >= 0.6 is 0 Å². The topological polar surface area (TPSA) is 70.1 Å². The third kappa shape index (κ3) is 3.39. The first kappa shape index (κ1) is 16.3. The largest absolute Gasteiger partial charge is 0.496 e. The smallest absolute Gasteiger partial charge is 0.320 e. The second kappa shape index (κ2) is 6.79. The van der Waals surface area contributed by atoms with Crippen molar-refractivity contribution in [2.45, 2.75) is 19.9 Å². The summed E-state index contributed by atoms with van der Waals surface area (Å²) in [6.45, 7) is 5.81. The van der Waals surface area contributed by atoms with Crippen molar-refractivity contribution in [3.8, 4) is 5.75 Å². The summed E-state index contributed by atoms with van der Waals surface area (Å²) in [5, 5.41) is 9.03. The molecule has 6 nitrogen and oxygen atoms in total. The van der Waals surface area contributed by atoms with Crippen LogP contribution in [0.1, 0.15) is 22.8 Å². The van der Waals surface area contributed by atoms with Gasteiger partial charge in [0.15, 0.2) is 0 Å². The van der Waals surface area contributed by atoms with Crippen LogP contribution in [0.4, 0.5) is 0 Å². The van der Waals surface area contributed by atoms with E-state index in [9.17, 15) is 9.59 Å². The minimum atomic E-state index is -0.831. The van der Waals surface area contributed by atoms with Gasteiger partial charge in [-0.05, 0) is 31.5 Å². The van der Waals surface area contributed by atoms with E-state index in [0.717, 1.165) is 5.56 Å². The Kier molecular flexibility index (Phi) is 5.03. The zero-order valence-corrected chi connectivity index (χ0v) is 13.2. The Bertz CT molecular complexity index is 565. The standard InChI is InChI=1S/C16H22N2O4/c1-11-4-5-13(10-14(11)22-3)15(19)18-8-6-17(7-9-18)12(2)16(20)21/h4-5,10,12H,6-9H2,1-3H3,(H,20,21)/t12-/m1/s1. The van der Waals surface area contributed by atoms with Crippen LogP contribution in [0.5, 0.6) is 5.75 Å². The molecule has 120 valence electrons. The highest BCUT2D eigenvalue weighted by atomic mass is 16.5. The molecule has 2 rings (SSSR count). The number of aryl methyl sites for hydroxylation is 1. The molecule has 1 aromatic rings. The summed E-state index contributed by atoms with van der Waals surface area (Å²) >= 11 is 0. The van der Waals surface area contributed by atoms with Crippen LogP contribution in [0.3, 0.4) is 0 Å². The molecular weight excluding hydrogens is 284 g/mol. The molecular formula is C16H22N2O4. The maximum Gasteiger partial charge on any atom is 0.320 e. The number of amides is 1. The molecule has 0 aliphatic carbocycles. The Morgan fingerprint density at radius 3 is 2.41 bits per heavy atom. The lowest BCUT2D eigenvalue weighted by molar-refractivity contribution is -0.143. The predicted octanol–water partition coefficient (Wildman–Crippen LogP) is 1.23. The van der Waals surface area contributed by atoms with Crippen LogP contribution in [0.25, 0.3) is 0 Å². The zero-order chi connectivity index (χ0) is 16.3. The number of aliphatic carboxylic acids is 1. The molecule has 1 saturated heterocycles. The van der Waals surface area contributed by atoms with Gasteiger partial charge in [-0.1, -0.05) is 6.07 Å². The molecule has 1 fully saturated rings. The van der Waals surface area contributed by atoms with E-state index >= 15 is 0 Å². The SMILES string of the molecule is COc1cc(C(=O)N2CCN([C@H](C)C(=O)O)CC2)ccc1C. The van der Waals surface area contributed by atoms with E-state index in [0.29, 0.717) is 37.5 Å². The Labute approximate surface area is 130 Å². The van der Waals surface area contributed by atoms with Crippen molar-refractivity contribution in [3.05, 3.63) is 29.3 Å². The molecule has 22 heavy (non-hydrogen) atoms. The van der Waals surface area contributed by atoms with Gasteiger partial charge in [-0.3, -0.25) is 14.5 Å². The monoisotopic (exact) mass is 306 g/mol. The third-order valence-electron chi connectivity index (χ3n) is 4.16. The van der Waals surface area contributed by atoms with Gasteiger partial charge < -0.3 is 14.7 Å². The molecule has 0 bridgehead atoms. The van der Waals surface area contributed by atoms with E-state index in [1.54, 1.807) is 31.1 Å². The van der Waals surface area contributed by atoms with Gasteiger partial charge in [-0.25, -0.2) is 0 Å². The van der Waals surface area contributed by atoms with Gasteiger partial charge in [0.25, 0.3) is 5.91 Å². The molecule has 1 aliphatic heterocycles. The summed E-state index contributed by atoms with van der Waals surface area (Å²) in [5.41, 5.74) is 1.58. The molecule has 0 saturated carbocycles. The number of benzene rings is 1. The van der Waals surface area contributed by atoms with Crippen molar-refractivity contribution in [2.24, 2.45) is 0 Å². The van der Waals surface area contributed by atoms with Crippen molar-refractivity contribution in [2.75, 3.05) is 33.3 Å². The summed E-state index contributed by atoms with van der Waals surface area (Å²) in [4.78, 5) is 27.2. The second-order valence-corrected chi connectivity index (χ2v) is 5.53. The fourth-order valence-electron chi connectivity index (χ4n) is 2.60. The van der Waals surface area contributed by atoms with Crippen molar-refractivity contribution in [3.63, 3.8) is 0 Å². The number of hydrogen-bond acceptors (Lipinski definition) is 4. The maximum atomic E-state index is 12.5. The zero-order valence-electron chi connectivity index (χ0n) is 13.2. The quantitative estimate of drug-likeness (QED) is 0.906. The van der Waals surface area contributed by atoms with Gasteiger partial charge in [-0.15, -0.1) is 0 Å². The summed E-state index contributed by atoms with van der Waals surface area (Å²) < 4.78 is 5.25. The Morgan fingerprint density at radius 2 is 1.86 bits per heavy atom. The number of piperazine rings is 1. The van der Waals surface area contributed by atoms with Crippen molar-refractivity contribution < 1.29 is 19.4 Å². The lowest BCUT2D eigenvalue weighted by Crippen LogP contribution is -2.53. The summed E-state index contributed by atoms with van der Waals surface area (Å²) in [5.74, 6) is -0.173. The van der Waals surface area contributed by atoms with Crippen molar-refractivity contribution in [1.29, 1.82) is 0 Å². The summed E-state index contributed by atoms with van der Waals surface area (Å²) in [7, 11) is 1.59. The number of hydrogen-bond donors (Lipinski definition) is 1. The van der Waals surface area contributed by atoms with E-state index in [1.165, 1.54) is 0 Å². The van der Waals surface area contributed by atoms with Crippen LogP contribution in [-0.4, -0.2) is 66.1 Å². The van der Waals surface area contributed by atoms with Crippen LogP contribution < -0.4 is 4.74 Å². The van der Waals surface area contributed by atoms with Crippen LogP contribution in [-0.2, 0) is 4.79 Å². The lowest BCUT2D eigenvalue weighted by atomic mass is 10.1. The van der Waals surface area contributed by atoms with Gasteiger partial charge in [0, 0.05) is 31.7 Å². The molecule has 1 atom stereocenters. The molecule has 0 unspecified atom stereocenters. The van der Waals surface area contributed by atoms with E-state index in [-0.39, 0.29) is 5.91 Å². The highest BCUT2D eigenvalue weighted by Gasteiger charge is 2.27. The normalized spacial score (nSPS) is 17.1. The number of carbonyl (C=O) groups excluding carboxylic acids is 1. The highest BCUT2D eigenvalue weighted by Crippen LogP contribution is 2.20. The van der Waals surface area contributed by atoms with Crippen molar-refractivity contribution >= 4 is 11.9 Å². The minimum absolute atomic E-state index is 0.0408. The van der Waals surface area contributed by atoms with E-state index in [4.69, 9.17) is 9.84 Å². The Hall–Kier alpha value is -2.08. The number of carboxylic acids is 1. The van der Waals surface area contributed by atoms with Crippen LogP contribution in [0, 0.1) is 6.92 Å². The van der Waals surface area contributed by atoms with E-state index < -0.39 is 12.0 Å². The van der Waals surface area contributed by atoms with Crippen LogP contribution in [0.15, 0.2) is 18.2 Å². The maximum absolute atomic E-state index is 12.5. The first-order valence-electron chi connectivity index (χ1n) is 7.35. The number of ether oxygens (including phenoxy) is 1.